The lowest BCUT2D eigenvalue weighted by Crippen LogP contribution is -2.45. The molecule has 128 valence electrons. The molecule has 0 fully saturated rings. The monoisotopic (exact) mass is 320 g/mol. The number of carbonyl (C=O) groups is 2. The number of ether oxygens (including phenoxy) is 1. The van der Waals surface area contributed by atoms with Crippen molar-refractivity contribution in [3.8, 4) is 5.75 Å². The quantitative estimate of drug-likeness (QED) is 0.873. The largest absolute Gasteiger partial charge is 0.491 e. The normalized spacial score (nSPS) is 11.3. The molecule has 1 aromatic carbocycles. The van der Waals surface area contributed by atoms with E-state index < -0.39 is 0 Å². The van der Waals surface area contributed by atoms with Gasteiger partial charge in [-0.3, -0.25) is 9.59 Å². The molecule has 5 heteroatoms. The molecule has 0 atom stereocenters. The summed E-state index contributed by atoms with van der Waals surface area (Å²) in [5.41, 5.74) is 0.429. The Bertz CT molecular complexity index is 530. The van der Waals surface area contributed by atoms with Gasteiger partial charge < -0.3 is 15.0 Å². The minimum Gasteiger partial charge on any atom is -0.491 e. The highest BCUT2D eigenvalue weighted by Gasteiger charge is 2.23. The van der Waals surface area contributed by atoms with Crippen LogP contribution >= 0.6 is 0 Å². The molecule has 23 heavy (non-hydrogen) atoms. The molecule has 2 amide bonds. The van der Waals surface area contributed by atoms with E-state index in [4.69, 9.17) is 4.74 Å². The first-order valence-electron chi connectivity index (χ1n) is 7.94. The molecule has 0 radical (unpaired) electrons. The molecule has 0 aliphatic rings. The molecule has 0 saturated carbocycles. The van der Waals surface area contributed by atoms with E-state index in [1.165, 1.54) is 6.92 Å². The summed E-state index contributed by atoms with van der Waals surface area (Å²) in [4.78, 5) is 25.4. The van der Waals surface area contributed by atoms with Crippen molar-refractivity contribution in [2.24, 2.45) is 0 Å². The van der Waals surface area contributed by atoms with Gasteiger partial charge in [0.05, 0.1) is 6.10 Å². The fourth-order valence-electron chi connectivity index (χ4n) is 2.29. The molecule has 0 aliphatic carbocycles. The molecular weight excluding hydrogens is 292 g/mol. The predicted molar refractivity (Wildman–Crippen MR) is 92.6 cm³/mol. The predicted octanol–water partition coefficient (Wildman–Crippen LogP) is 3.45. The third kappa shape index (κ3) is 6.72. The average Bonchev–Trinajstić information content (AvgIpc) is 2.38. The van der Waals surface area contributed by atoms with Crippen LogP contribution in [0.1, 0.15) is 48.0 Å². The first kappa shape index (κ1) is 19.0. The van der Waals surface area contributed by atoms with Gasteiger partial charge in [-0.1, -0.05) is 0 Å². The second-order valence-corrected chi connectivity index (χ2v) is 6.83. The Morgan fingerprint density at radius 1 is 1.17 bits per heavy atom. The molecule has 0 aliphatic heterocycles. The molecule has 0 bridgehead atoms. The molecule has 0 heterocycles. The van der Waals surface area contributed by atoms with Crippen molar-refractivity contribution in [3.05, 3.63) is 24.3 Å². The summed E-state index contributed by atoms with van der Waals surface area (Å²) in [6.45, 7) is 11.7. The highest BCUT2D eigenvalue weighted by atomic mass is 16.5. The molecule has 0 spiro atoms. The molecule has 1 aromatic rings. The van der Waals surface area contributed by atoms with Crippen molar-refractivity contribution in [2.45, 2.75) is 59.6 Å². The van der Waals surface area contributed by atoms with Gasteiger partial charge in [0, 0.05) is 31.1 Å². The highest BCUT2D eigenvalue weighted by Crippen LogP contribution is 2.18. The number of amides is 2. The van der Waals surface area contributed by atoms with Crippen LogP contribution in [0.5, 0.6) is 5.75 Å². The van der Waals surface area contributed by atoms with Crippen molar-refractivity contribution in [1.82, 2.24) is 4.90 Å². The van der Waals surface area contributed by atoms with Crippen molar-refractivity contribution in [1.29, 1.82) is 0 Å². The van der Waals surface area contributed by atoms with Gasteiger partial charge in [0.2, 0.25) is 11.8 Å². The lowest BCUT2D eigenvalue weighted by molar-refractivity contribution is -0.134. The summed E-state index contributed by atoms with van der Waals surface area (Å²) in [6.07, 6.45) is 0.381. The maximum Gasteiger partial charge on any atom is 0.226 e. The van der Waals surface area contributed by atoms with Gasteiger partial charge in [0.1, 0.15) is 5.75 Å². The van der Waals surface area contributed by atoms with Crippen LogP contribution in [0.2, 0.25) is 0 Å². The Balaban J connectivity index is 2.55. The van der Waals surface area contributed by atoms with E-state index in [-0.39, 0.29) is 29.9 Å². The molecule has 1 rings (SSSR count). The SMILES string of the molecule is CC(=O)N(CCC(=O)Nc1ccc(OC(C)C)cc1)C(C)(C)C. The van der Waals surface area contributed by atoms with Crippen LogP contribution in [0, 0.1) is 0 Å². The Labute approximate surface area is 139 Å². The van der Waals surface area contributed by atoms with Gasteiger partial charge in [-0.05, 0) is 58.9 Å². The van der Waals surface area contributed by atoms with E-state index in [1.807, 2.05) is 58.9 Å². The summed E-state index contributed by atoms with van der Waals surface area (Å²) in [5.74, 6) is 0.631. The van der Waals surface area contributed by atoms with Crippen LogP contribution in [0.4, 0.5) is 5.69 Å². The van der Waals surface area contributed by atoms with E-state index in [9.17, 15) is 9.59 Å². The summed E-state index contributed by atoms with van der Waals surface area (Å²) in [6, 6.07) is 7.27. The van der Waals surface area contributed by atoms with Crippen LogP contribution in [-0.4, -0.2) is 34.9 Å². The first-order valence-corrected chi connectivity index (χ1v) is 7.94. The van der Waals surface area contributed by atoms with Gasteiger partial charge in [0.15, 0.2) is 0 Å². The molecule has 5 nitrogen and oxygen atoms in total. The minimum absolute atomic E-state index is 0.0273. The minimum atomic E-state index is -0.290. The zero-order chi connectivity index (χ0) is 17.6. The number of carbonyl (C=O) groups excluding carboxylic acids is 2. The number of hydrogen-bond acceptors (Lipinski definition) is 3. The smallest absolute Gasteiger partial charge is 0.226 e. The van der Waals surface area contributed by atoms with Gasteiger partial charge in [-0.2, -0.15) is 0 Å². The summed E-state index contributed by atoms with van der Waals surface area (Å²) in [5, 5.41) is 2.84. The van der Waals surface area contributed by atoms with E-state index in [0.29, 0.717) is 6.54 Å². The molecule has 0 aromatic heterocycles. The summed E-state index contributed by atoms with van der Waals surface area (Å²) >= 11 is 0. The van der Waals surface area contributed by atoms with Gasteiger partial charge >= 0.3 is 0 Å². The van der Waals surface area contributed by atoms with Crippen molar-refractivity contribution >= 4 is 17.5 Å². The fourth-order valence-corrected chi connectivity index (χ4v) is 2.29. The fraction of sp³-hybridized carbons (Fsp3) is 0.556. The lowest BCUT2D eigenvalue weighted by Gasteiger charge is -2.34. The number of rotatable bonds is 6. The van der Waals surface area contributed by atoms with Crippen LogP contribution in [0.3, 0.4) is 0 Å². The Hall–Kier alpha value is -2.04. The van der Waals surface area contributed by atoms with Gasteiger partial charge in [-0.25, -0.2) is 0 Å². The van der Waals surface area contributed by atoms with Crippen LogP contribution in [0.15, 0.2) is 24.3 Å². The summed E-state index contributed by atoms with van der Waals surface area (Å²) < 4.78 is 5.56. The molecular formula is C18H28N2O3. The molecule has 0 saturated heterocycles. The van der Waals surface area contributed by atoms with Crippen LogP contribution in [0.25, 0.3) is 0 Å². The van der Waals surface area contributed by atoms with E-state index >= 15 is 0 Å². The third-order valence-electron chi connectivity index (χ3n) is 3.26. The van der Waals surface area contributed by atoms with Crippen molar-refractivity contribution in [3.63, 3.8) is 0 Å². The second kappa shape index (κ2) is 7.99. The van der Waals surface area contributed by atoms with Gasteiger partial charge in [-0.15, -0.1) is 0 Å². The second-order valence-electron chi connectivity index (χ2n) is 6.83. The first-order chi connectivity index (χ1) is 10.6. The number of hydrogen-bond donors (Lipinski definition) is 1. The van der Waals surface area contributed by atoms with E-state index in [0.717, 1.165) is 11.4 Å². The topological polar surface area (TPSA) is 58.6 Å². The average molecular weight is 320 g/mol. The molecule has 1 N–H and O–H groups in total. The van der Waals surface area contributed by atoms with Crippen LogP contribution in [-0.2, 0) is 9.59 Å². The standard InChI is InChI=1S/C18H28N2O3/c1-13(2)23-16-9-7-15(8-10-16)19-17(22)11-12-20(14(3)21)18(4,5)6/h7-10,13H,11-12H2,1-6H3,(H,19,22). The zero-order valence-electron chi connectivity index (χ0n) is 15.0. The van der Waals surface area contributed by atoms with E-state index in [2.05, 4.69) is 5.32 Å². The third-order valence-corrected chi connectivity index (χ3v) is 3.26. The number of nitrogens with one attached hydrogen (secondary N) is 1. The Morgan fingerprint density at radius 3 is 2.17 bits per heavy atom. The highest BCUT2D eigenvalue weighted by molar-refractivity contribution is 5.91. The number of anilines is 1. The maximum absolute atomic E-state index is 12.0. The maximum atomic E-state index is 12.0. The zero-order valence-corrected chi connectivity index (χ0v) is 15.0. The van der Waals surface area contributed by atoms with E-state index in [1.54, 1.807) is 4.90 Å². The number of nitrogens with zero attached hydrogens (tertiary/aromatic N) is 1. The Kier molecular flexibility index (Phi) is 6.61. The number of benzene rings is 1. The van der Waals surface area contributed by atoms with Gasteiger partial charge in [0.25, 0.3) is 0 Å². The van der Waals surface area contributed by atoms with Crippen LogP contribution < -0.4 is 10.1 Å². The molecule has 0 unspecified atom stereocenters. The Morgan fingerprint density at radius 2 is 1.74 bits per heavy atom. The summed E-state index contributed by atoms with van der Waals surface area (Å²) in [7, 11) is 0. The lowest BCUT2D eigenvalue weighted by atomic mass is 10.1. The van der Waals surface area contributed by atoms with Crippen molar-refractivity contribution < 1.29 is 14.3 Å². The van der Waals surface area contributed by atoms with Crippen molar-refractivity contribution in [2.75, 3.05) is 11.9 Å².